The number of amides is 1. The highest BCUT2D eigenvalue weighted by Crippen LogP contribution is 2.30. The van der Waals surface area contributed by atoms with Gasteiger partial charge in [0.05, 0.1) is 23.8 Å². The lowest BCUT2D eigenvalue weighted by Gasteiger charge is -2.09. The van der Waals surface area contributed by atoms with Gasteiger partial charge in [-0.15, -0.1) is 10.2 Å². The first-order valence-electron chi connectivity index (χ1n) is 9.30. The molecule has 140 valence electrons. The molecule has 0 saturated heterocycles. The molecule has 0 radical (unpaired) electrons. The molecular formula is C20H19N7O. The molecule has 4 aromatic rings. The summed E-state index contributed by atoms with van der Waals surface area (Å²) >= 11 is 0. The van der Waals surface area contributed by atoms with Crippen LogP contribution in [0.4, 0.5) is 5.69 Å². The monoisotopic (exact) mass is 373 g/mol. The quantitative estimate of drug-likeness (QED) is 0.581. The van der Waals surface area contributed by atoms with Crippen LogP contribution in [0.25, 0.3) is 16.9 Å². The van der Waals surface area contributed by atoms with E-state index in [9.17, 15) is 4.79 Å². The Labute approximate surface area is 161 Å². The van der Waals surface area contributed by atoms with Crippen molar-refractivity contribution < 1.29 is 4.79 Å². The van der Waals surface area contributed by atoms with E-state index >= 15 is 0 Å². The van der Waals surface area contributed by atoms with Crippen molar-refractivity contribution in [3.8, 4) is 11.4 Å². The van der Waals surface area contributed by atoms with Crippen molar-refractivity contribution in [2.24, 2.45) is 5.92 Å². The summed E-state index contributed by atoms with van der Waals surface area (Å²) in [7, 11) is 0. The third-order valence-electron chi connectivity index (χ3n) is 4.99. The summed E-state index contributed by atoms with van der Waals surface area (Å²) in [4.78, 5) is 14.5. The molecule has 0 spiro atoms. The van der Waals surface area contributed by atoms with Crippen molar-refractivity contribution in [3.05, 3.63) is 59.9 Å². The average Bonchev–Trinajstić information content (AvgIpc) is 3.22. The van der Waals surface area contributed by atoms with E-state index in [-0.39, 0.29) is 5.91 Å². The lowest BCUT2D eigenvalue weighted by Crippen LogP contribution is -2.12. The molecule has 8 nitrogen and oxygen atoms in total. The molecule has 1 aliphatic carbocycles. The predicted octanol–water partition coefficient (Wildman–Crippen LogP) is 2.96. The first-order valence-corrected chi connectivity index (χ1v) is 9.30. The minimum Gasteiger partial charge on any atom is -0.322 e. The van der Waals surface area contributed by atoms with Crippen LogP contribution in [-0.2, 0) is 6.54 Å². The number of benzene rings is 1. The molecule has 0 unspecified atom stereocenters. The van der Waals surface area contributed by atoms with E-state index in [1.54, 1.807) is 15.5 Å². The maximum Gasteiger partial charge on any atom is 0.259 e. The van der Waals surface area contributed by atoms with Crippen molar-refractivity contribution in [3.63, 3.8) is 0 Å². The number of carbonyl (C=O) groups excluding carboxylic acids is 1. The van der Waals surface area contributed by atoms with Crippen LogP contribution in [0.1, 0.15) is 28.8 Å². The second kappa shape index (κ2) is 6.56. The van der Waals surface area contributed by atoms with Gasteiger partial charge in [0.1, 0.15) is 0 Å². The number of aryl methyl sites for hydroxylation is 1. The molecule has 0 atom stereocenters. The summed E-state index contributed by atoms with van der Waals surface area (Å²) < 4.78 is 1.68. The Morgan fingerprint density at radius 3 is 3.00 bits per heavy atom. The normalized spacial score (nSPS) is 13.8. The van der Waals surface area contributed by atoms with Gasteiger partial charge in [0.15, 0.2) is 0 Å². The smallest absolute Gasteiger partial charge is 0.259 e. The summed E-state index contributed by atoms with van der Waals surface area (Å²) in [5.41, 5.74) is 3.79. The number of anilines is 1. The summed E-state index contributed by atoms with van der Waals surface area (Å²) in [5.74, 6) is 1.04. The maximum absolute atomic E-state index is 12.8. The van der Waals surface area contributed by atoms with Crippen molar-refractivity contribution >= 4 is 17.1 Å². The van der Waals surface area contributed by atoms with Gasteiger partial charge in [-0.1, -0.05) is 18.2 Å². The minimum atomic E-state index is -0.202. The highest BCUT2D eigenvalue weighted by atomic mass is 16.1. The largest absolute Gasteiger partial charge is 0.322 e. The van der Waals surface area contributed by atoms with E-state index in [2.05, 4.69) is 25.8 Å². The molecular weight excluding hydrogens is 354 g/mol. The molecule has 1 aliphatic rings. The molecule has 1 amide bonds. The summed E-state index contributed by atoms with van der Waals surface area (Å²) in [5, 5.41) is 20.0. The zero-order valence-electron chi connectivity index (χ0n) is 15.4. The van der Waals surface area contributed by atoms with Gasteiger partial charge in [-0.2, -0.15) is 9.90 Å². The van der Waals surface area contributed by atoms with E-state index < -0.39 is 0 Å². The van der Waals surface area contributed by atoms with E-state index in [4.69, 9.17) is 0 Å². The zero-order chi connectivity index (χ0) is 19.1. The first kappa shape index (κ1) is 16.6. The van der Waals surface area contributed by atoms with Crippen LogP contribution in [0.2, 0.25) is 0 Å². The van der Waals surface area contributed by atoms with Crippen LogP contribution >= 0.6 is 0 Å². The van der Waals surface area contributed by atoms with Gasteiger partial charge in [0, 0.05) is 17.4 Å². The summed E-state index contributed by atoms with van der Waals surface area (Å²) in [6.07, 6.45) is 5.87. The van der Waals surface area contributed by atoms with E-state index in [1.165, 1.54) is 12.8 Å². The number of nitrogens with zero attached hydrogens (tertiary/aromatic N) is 6. The van der Waals surface area contributed by atoms with Crippen molar-refractivity contribution in [2.45, 2.75) is 26.3 Å². The third-order valence-corrected chi connectivity index (χ3v) is 4.99. The minimum absolute atomic E-state index is 0.202. The Balaban J connectivity index is 1.41. The van der Waals surface area contributed by atoms with Crippen LogP contribution in [-0.4, -0.2) is 35.7 Å². The van der Waals surface area contributed by atoms with E-state index in [0.29, 0.717) is 17.3 Å². The van der Waals surface area contributed by atoms with Gasteiger partial charge in [-0.25, -0.2) is 4.52 Å². The van der Waals surface area contributed by atoms with Gasteiger partial charge in [-0.05, 0) is 54.7 Å². The fraction of sp³-hybridized carbons (Fsp3) is 0.250. The number of hydrogen-bond donors (Lipinski definition) is 1. The Hall–Kier alpha value is -3.55. The van der Waals surface area contributed by atoms with Crippen LogP contribution in [0.15, 0.2) is 48.8 Å². The molecule has 3 aromatic heterocycles. The van der Waals surface area contributed by atoms with Crippen molar-refractivity contribution in [2.75, 3.05) is 5.32 Å². The molecule has 1 fully saturated rings. The fourth-order valence-corrected chi connectivity index (χ4v) is 3.16. The molecule has 1 aromatic carbocycles. The van der Waals surface area contributed by atoms with Crippen LogP contribution in [0, 0.1) is 12.8 Å². The van der Waals surface area contributed by atoms with Crippen LogP contribution in [0.3, 0.4) is 0 Å². The SMILES string of the molecule is Cc1ccc(-c2nnn(CC3CC3)n2)cc1NC(=O)c1cnn2ccccc12. The lowest BCUT2D eigenvalue weighted by atomic mass is 10.1. The lowest BCUT2D eigenvalue weighted by molar-refractivity contribution is 0.102. The molecule has 8 heteroatoms. The maximum atomic E-state index is 12.8. The summed E-state index contributed by atoms with van der Waals surface area (Å²) in [6, 6.07) is 11.4. The molecule has 28 heavy (non-hydrogen) atoms. The predicted molar refractivity (Wildman–Crippen MR) is 104 cm³/mol. The molecule has 5 rings (SSSR count). The van der Waals surface area contributed by atoms with Crippen LogP contribution < -0.4 is 5.32 Å². The highest BCUT2D eigenvalue weighted by Gasteiger charge is 2.23. The molecule has 0 bridgehead atoms. The number of rotatable bonds is 5. The standard InChI is InChI=1S/C20H19N7O/c1-13-5-8-15(19-23-25-27(24-19)12-14-6-7-14)10-17(13)22-20(28)16-11-21-26-9-3-2-4-18(16)26/h2-5,8-11,14H,6-7,12H2,1H3,(H,22,28). The second-order valence-corrected chi connectivity index (χ2v) is 7.18. The Kier molecular flexibility index (Phi) is 3.89. The number of pyridine rings is 1. The van der Waals surface area contributed by atoms with E-state index in [0.717, 1.165) is 28.9 Å². The highest BCUT2D eigenvalue weighted by molar-refractivity contribution is 6.09. The molecule has 1 saturated carbocycles. The molecule has 3 heterocycles. The number of hydrogen-bond acceptors (Lipinski definition) is 5. The average molecular weight is 373 g/mol. The Morgan fingerprint density at radius 2 is 2.14 bits per heavy atom. The number of aromatic nitrogens is 6. The molecule has 0 aliphatic heterocycles. The van der Waals surface area contributed by atoms with Gasteiger partial charge in [-0.3, -0.25) is 4.79 Å². The zero-order valence-corrected chi connectivity index (χ0v) is 15.4. The number of carbonyl (C=O) groups is 1. The van der Waals surface area contributed by atoms with E-state index in [1.807, 2.05) is 49.5 Å². The number of tetrazole rings is 1. The van der Waals surface area contributed by atoms with Crippen molar-refractivity contribution in [1.82, 2.24) is 29.8 Å². The second-order valence-electron chi connectivity index (χ2n) is 7.18. The first-order chi connectivity index (χ1) is 13.7. The topological polar surface area (TPSA) is 90.0 Å². The number of nitrogens with one attached hydrogen (secondary N) is 1. The van der Waals surface area contributed by atoms with Gasteiger partial charge >= 0.3 is 0 Å². The Morgan fingerprint density at radius 1 is 1.25 bits per heavy atom. The third kappa shape index (κ3) is 3.13. The van der Waals surface area contributed by atoms with Gasteiger partial charge in [0.2, 0.25) is 5.82 Å². The molecule has 1 N–H and O–H groups in total. The fourth-order valence-electron chi connectivity index (χ4n) is 3.16. The number of fused-ring (bicyclic) bond motifs is 1. The van der Waals surface area contributed by atoms with Crippen LogP contribution in [0.5, 0.6) is 0 Å². The van der Waals surface area contributed by atoms with Gasteiger partial charge in [0.25, 0.3) is 5.91 Å². The van der Waals surface area contributed by atoms with Crippen molar-refractivity contribution in [1.29, 1.82) is 0 Å². The van der Waals surface area contributed by atoms with Gasteiger partial charge < -0.3 is 5.32 Å². The Bertz CT molecular complexity index is 1170. The summed E-state index contributed by atoms with van der Waals surface area (Å²) in [6.45, 7) is 2.77.